The number of halogens is 1. The Hall–Kier alpha value is -1.86. The molecule has 1 aliphatic heterocycles. The summed E-state index contributed by atoms with van der Waals surface area (Å²) < 4.78 is 27.1. The van der Waals surface area contributed by atoms with Crippen LogP contribution >= 0.6 is 0 Å². The van der Waals surface area contributed by atoms with Crippen molar-refractivity contribution in [2.75, 3.05) is 13.4 Å². The van der Waals surface area contributed by atoms with E-state index in [0.717, 1.165) is 5.56 Å². The molecule has 0 aliphatic carbocycles. The van der Waals surface area contributed by atoms with Gasteiger partial charge in [-0.3, -0.25) is 0 Å². The molecule has 2 N–H and O–H groups in total. The molecule has 1 heterocycles. The minimum absolute atomic E-state index is 0.245. The number of carbonyl (C=O) groups excluding carboxylic acids is 1. The second-order valence-electron chi connectivity index (χ2n) is 6.73. The molecule has 1 saturated heterocycles. The van der Waals surface area contributed by atoms with E-state index in [2.05, 4.69) is 5.32 Å². The highest BCUT2D eigenvalue weighted by Crippen LogP contribution is 2.20. The molecule has 0 unspecified atom stereocenters. The van der Waals surface area contributed by atoms with E-state index in [-0.39, 0.29) is 6.04 Å². The predicted molar refractivity (Wildman–Crippen MR) is 85.7 cm³/mol. The number of aliphatic hydroxyl groups is 1. The molecule has 0 saturated carbocycles. The molecule has 1 fully saturated rings. The van der Waals surface area contributed by atoms with Gasteiger partial charge in [0.15, 0.2) is 0 Å². The normalized spacial score (nSPS) is 23.8. The van der Waals surface area contributed by atoms with Gasteiger partial charge in [0.25, 0.3) is 0 Å². The molecule has 2 rings (SSSR count). The van der Waals surface area contributed by atoms with Crippen LogP contribution in [0, 0.1) is 0 Å². The second-order valence-corrected chi connectivity index (χ2v) is 6.73. The zero-order chi connectivity index (χ0) is 17.7. The van der Waals surface area contributed by atoms with Gasteiger partial charge in [-0.25, -0.2) is 9.18 Å². The maximum Gasteiger partial charge on any atom is 0.509 e. The average molecular weight is 341 g/mol. The number of alkyl halides is 1. The first kappa shape index (κ1) is 18.5. The van der Waals surface area contributed by atoms with Gasteiger partial charge in [0, 0.05) is 12.6 Å². The van der Waals surface area contributed by atoms with Crippen molar-refractivity contribution < 1.29 is 28.5 Å². The van der Waals surface area contributed by atoms with Crippen molar-refractivity contribution in [1.29, 1.82) is 0 Å². The Kier molecular flexibility index (Phi) is 6.01. The summed E-state index contributed by atoms with van der Waals surface area (Å²) in [4.78, 5) is 11.7. The van der Waals surface area contributed by atoms with Crippen LogP contribution in [0.5, 0.6) is 5.75 Å². The Morgan fingerprint density at radius 1 is 1.33 bits per heavy atom. The Balaban J connectivity index is 1.86. The lowest BCUT2D eigenvalue weighted by Gasteiger charge is -2.22. The van der Waals surface area contributed by atoms with Crippen molar-refractivity contribution in [3.8, 4) is 5.75 Å². The lowest BCUT2D eigenvalue weighted by Crippen LogP contribution is -2.37. The molecule has 24 heavy (non-hydrogen) atoms. The summed E-state index contributed by atoms with van der Waals surface area (Å²) in [5, 5.41) is 13.5. The van der Waals surface area contributed by atoms with Gasteiger partial charge in [0.05, 0.1) is 0 Å². The molecule has 0 amide bonds. The van der Waals surface area contributed by atoms with Crippen LogP contribution in [0.4, 0.5) is 9.18 Å². The first-order valence-corrected chi connectivity index (χ1v) is 7.87. The third kappa shape index (κ3) is 5.35. The zero-order valence-electron chi connectivity index (χ0n) is 14.1. The molecular weight excluding hydrogens is 317 g/mol. The van der Waals surface area contributed by atoms with Crippen LogP contribution in [0.3, 0.4) is 0 Å². The molecule has 0 spiro atoms. The van der Waals surface area contributed by atoms with E-state index in [9.17, 15) is 14.3 Å². The molecule has 0 aromatic heterocycles. The summed E-state index contributed by atoms with van der Waals surface area (Å²) in [6.07, 6.45) is -1.73. The minimum Gasteiger partial charge on any atom is -0.463 e. The SMILES string of the molecule is CC(C)(C)OC(=O)O[C@H]1CN[C@H](Cc2ccc(OCF)cc2)[C@@H]1O. The fraction of sp³-hybridized carbons (Fsp3) is 0.588. The summed E-state index contributed by atoms with van der Waals surface area (Å²) >= 11 is 0. The summed E-state index contributed by atoms with van der Waals surface area (Å²) in [7, 11) is 0. The fourth-order valence-corrected chi connectivity index (χ4v) is 2.51. The number of rotatable bonds is 5. The second kappa shape index (κ2) is 7.81. The number of carbonyl (C=O) groups is 1. The largest absolute Gasteiger partial charge is 0.509 e. The van der Waals surface area contributed by atoms with Crippen molar-refractivity contribution in [3.63, 3.8) is 0 Å². The van der Waals surface area contributed by atoms with Gasteiger partial charge in [-0.1, -0.05) is 12.1 Å². The van der Waals surface area contributed by atoms with Gasteiger partial charge in [-0.05, 0) is 44.9 Å². The molecule has 1 aromatic rings. The van der Waals surface area contributed by atoms with Gasteiger partial charge in [-0.2, -0.15) is 0 Å². The third-order valence-electron chi connectivity index (χ3n) is 3.61. The molecule has 3 atom stereocenters. The standard InChI is InChI=1S/C17H24FNO5/c1-17(2,3)24-16(21)23-14-9-19-13(15(14)20)8-11-4-6-12(7-5-11)22-10-18/h4-7,13-15,19-20H,8-10H2,1-3H3/t13-,14+,15+/m1/s1. The fourth-order valence-electron chi connectivity index (χ4n) is 2.51. The average Bonchev–Trinajstić information content (AvgIpc) is 2.81. The van der Waals surface area contributed by atoms with E-state index in [1.807, 2.05) is 0 Å². The molecule has 0 radical (unpaired) electrons. The monoisotopic (exact) mass is 341 g/mol. The topological polar surface area (TPSA) is 77.0 Å². The molecule has 0 bridgehead atoms. The number of benzene rings is 1. The van der Waals surface area contributed by atoms with Gasteiger partial charge in [0.1, 0.15) is 23.6 Å². The Labute approximate surface area is 140 Å². The Morgan fingerprint density at radius 2 is 2.00 bits per heavy atom. The molecule has 6 nitrogen and oxygen atoms in total. The maximum absolute atomic E-state index is 12.1. The van der Waals surface area contributed by atoms with Crippen molar-refractivity contribution in [1.82, 2.24) is 5.32 Å². The van der Waals surface area contributed by atoms with Gasteiger partial charge < -0.3 is 24.6 Å². The van der Waals surface area contributed by atoms with Gasteiger partial charge >= 0.3 is 6.16 Å². The van der Waals surface area contributed by atoms with E-state index >= 15 is 0 Å². The van der Waals surface area contributed by atoms with Crippen molar-refractivity contribution in [2.45, 2.75) is 51.0 Å². The number of hydrogen-bond donors (Lipinski definition) is 2. The lowest BCUT2D eigenvalue weighted by atomic mass is 10.0. The number of aliphatic hydroxyl groups excluding tert-OH is 1. The summed E-state index contributed by atoms with van der Waals surface area (Å²) in [5.74, 6) is 0.451. The molecular formula is C17H24FNO5. The summed E-state index contributed by atoms with van der Waals surface area (Å²) in [5.41, 5.74) is 0.312. The van der Waals surface area contributed by atoms with Crippen molar-refractivity contribution in [2.24, 2.45) is 0 Å². The minimum atomic E-state index is -0.869. The van der Waals surface area contributed by atoms with Crippen LogP contribution in [0.25, 0.3) is 0 Å². The van der Waals surface area contributed by atoms with Crippen LogP contribution in [-0.4, -0.2) is 48.5 Å². The van der Waals surface area contributed by atoms with Gasteiger partial charge in [-0.15, -0.1) is 0 Å². The van der Waals surface area contributed by atoms with Crippen LogP contribution in [-0.2, 0) is 15.9 Å². The highest BCUT2D eigenvalue weighted by molar-refractivity contribution is 5.60. The highest BCUT2D eigenvalue weighted by Gasteiger charge is 2.37. The van der Waals surface area contributed by atoms with E-state index in [4.69, 9.17) is 14.2 Å². The van der Waals surface area contributed by atoms with Crippen LogP contribution in [0.2, 0.25) is 0 Å². The predicted octanol–water partition coefficient (Wildman–Crippen LogP) is 2.19. The molecule has 7 heteroatoms. The third-order valence-corrected chi connectivity index (χ3v) is 3.61. The first-order valence-electron chi connectivity index (χ1n) is 7.87. The number of ether oxygens (including phenoxy) is 3. The zero-order valence-corrected chi connectivity index (χ0v) is 14.1. The van der Waals surface area contributed by atoms with Crippen LogP contribution in [0.15, 0.2) is 24.3 Å². The molecule has 134 valence electrons. The quantitative estimate of drug-likeness (QED) is 0.800. The van der Waals surface area contributed by atoms with Crippen LogP contribution in [0.1, 0.15) is 26.3 Å². The number of nitrogens with one attached hydrogen (secondary N) is 1. The summed E-state index contributed by atoms with van der Waals surface area (Å²) in [6.45, 7) is 4.73. The van der Waals surface area contributed by atoms with E-state index in [0.29, 0.717) is 18.7 Å². The van der Waals surface area contributed by atoms with E-state index < -0.39 is 30.8 Å². The highest BCUT2D eigenvalue weighted by atomic mass is 19.1. The summed E-state index contributed by atoms with van der Waals surface area (Å²) in [6, 6.07) is 6.71. The lowest BCUT2D eigenvalue weighted by molar-refractivity contribution is -0.0486. The number of hydrogen-bond acceptors (Lipinski definition) is 6. The Bertz CT molecular complexity index is 543. The van der Waals surface area contributed by atoms with Crippen LogP contribution < -0.4 is 10.1 Å². The first-order chi connectivity index (χ1) is 11.3. The molecule has 1 aliphatic rings. The van der Waals surface area contributed by atoms with Crippen molar-refractivity contribution >= 4 is 6.16 Å². The van der Waals surface area contributed by atoms with E-state index in [1.165, 1.54) is 0 Å². The smallest absolute Gasteiger partial charge is 0.463 e. The Morgan fingerprint density at radius 3 is 2.58 bits per heavy atom. The van der Waals surface area contributed by atoms with Crippen molar-refractivity contribution in [3.05, 3.63) is 29.8 Å². The van der Waals surface area contributed by atoms with E-state index in [1.54, 1.807) is 45.0 Å². The molecule has 1 aromatic carbocycles. The van der Waals surface area contributed by atoms with Gasteiger partial charge in [0.2, 0.25) is 6.86 Å². The maximum atomic E-state index is 12.1.